The van der Waals surface area contributed by atoms with E-state index in [2.05, 4.69) is 4.98 Å². The Morgan fingerprint density at radius 2 is 2.27 bits per heavy atom. The third-order valence-electron chi connectivity index (χ3n) is 4.70. The van der Waals surface area contributed by atoms with Crippen molar-refractivity contribution >= 4 is 11.6 Å². The van der Waals surface area contributed by atoms with Gasteiger partial charge < -0.3 is 18.9 Å². The lowest BCUT2D eigenvalue weighted by molar-refractivity contribution is -0.0670. The van der Waals surface area contributed by atoms with Gasteiger partial charge in [0.2, 0.25) is 0 Å². The minimum Gasteiger partial charge on any atom is -0.493 e. The summed E-state index contributed by atoms with van der Waals surface area (Å²) in [6.07, 6.45) is 2.68. The summed E-state index contributed by atoms with van der Waals surface area (Å²) in [6.45, 7) is 4.19. The van der Waals surface area contributed by atoms with Gasteiger partial charge >= 0.3 is 0 Å². The molecule has 0 radical (unpaired) electrons. The second kappa shape index (κ2) is 5.96. The van der Waals surface area contributed by atoms with Gasteiger partial charge in [-0.05, 0) is 6.42 Å². The second-order valence-electron chi connectivity index (χ2n) is 6.21. The normalized spacial score (nSPS) is 30.7. The average molecular weight is 326 g/mol. The summed E-state index contributed by atoms with van der Waals surface area (Å²) in [5, 5.41) is 0.452. The summed E-state index contributed by atoms with van der Waals surface area (Å²) < 4.78 is 23.0. The average Bonchev–Trinajstić information content (AvgIpc) is 3.18. The van der Waals surface area contributed by atoms with Crippen LogP contribution >= 0.6 is 11.6 Å². The molecule has 4 rings (SSSR count). The molecule has 1 aromatic heterocycles. The molecule has 2 saturated heterocycles. The van der Waals surface area contributed by atoms with E-state index < -0.39 is 5.60 Å². The van der Waals surface area contributed by atoms with Crippen LogP contribution in [-0.2, 0) is 26.2 Å². The fourth-order valence-corrected chi connectivity index (χ4v) is 3.64. The lowest BCUT2D eigenvalue weighted by atomic mass is 9.90. The molecule has 120 valence electrons. The van der Waals surface area contributed by atoms with E-state index in [1.54, 1.807) is 0 Å². The smallest absolute Gasteiger partial charge is 0.136 e. The fraction of sp³-hybridized carbons (Fsp3) is 0.688. The van der Waals surface area contributed by atoms with Crippen LogP contribution in [-0.4, -0.2) is 44.6 Å². The molecule has 0 N–H and O–H groups in total. The van der Waals surface area contributed by atoms with Gasteiger partial charge in [-0.25, -0.2) is 4.98 Å². The highest BCUT2D eigenvalue weighted by atomic mass is 35.5. The van der Waals surface area contributed by atoms with Crippen molar-refractivity contribution in [2.24, 2.45) is 5.92 Å². The molecule has 22 heavy (non-hydrogen) atoms. The Hall–Kier alpha value is -0.880. The fourth-order valence-electron chi connectivity index (χ4n) is 3.45. The van der Waals surface area contributed by atoms with Gasteiger partial charge in [-0.2, -0.15) is 0 Å². The zero-order valence-electron chi connectivity index (χ0n) is 12.5. The van der Waals surface area contributed by atoms with Crippen molar-refractivity contribution < 1.29 is 18.9 Å². The lowest BCUT2D eigenvalue weighted by Gasteiger charge is -2.34. The molecule has 2 atom stereocenters. The van der Waals surface area contributed by atoms with E-state index in [-0.39, 0.29) is 0 Å². The first-order valence-corrected chi connectivity index (χ1v) is 8.27. The maximum Gasteiger partial charge on any atom is 0.136 e. The van der Waals surface area contributed by atoms with Crippen LogP contribution in [0.15, 0.2) is 6.07 Å². The predicted octanol–water partition coefficient (Wildman–Crippen LogP) is 2.34. The Labute approximate surface area is 134 Å². The maximum atomic E-state index is 6.23. The summed E-state index contributed by atoms with van der Waals surface area (Å²) in [5.41, 5.74) is 1.59. The Morgan fingerprint density at radius 1 is 1.32 bits per heavy atom. The maximum absolute atomic E-state index is 6.23. The predicted molar refractivity (Wildman–Crippen MR) is 80.4 cm³/mol. The molecule has 1 unspecified atom stereocenters. The lowest BCUT2D eigenvalue weighted by Crippen LogP contribution is -2.37. The van der Waals surface area contributed by atoms with Crippen molar-refractivity contribution in [2.45, 2.75) is 24.9 Å². The number of pyridine rings is 1. The molecule has 1 spiro atoms. The molecule has 3 aliphatic heterocycles. The van der Waals surface area contributed by atoms with Crippen LogP contribution in [0.25, 0.3) is 0 Å². The van der Waals surface area contributed by atoms with Gasteiger partial charge in [0.25, 0.3) is 0 Å². The molecule has 3 aliphatic rings. The Balaban J connectivity index is 1.63. The number of ether oxygens (including phenoxy) is 4. The van der Waals surface area contributed by atoms with E-state index in [1.807, 2.05) is 6.07 Å². The summed E-state index contributed by atoms with van der Waals surface area (Å²) >= 11 is 6.23. The minimum atomic E-state index is -0.437. The molecule has 4 heterocycles. The van der Waals surface area contributed by atoms with Crippen LogP contribution in [0.5, 0.6) is 5.75 Å². The summed E-state index contributed by atoms with van der Waals surface area (Å²) in [7, 11) is 0. The van der Waals surface area contributed by atoms with Crippen molar-refractivity contribution in [1.29, 1.82) is 0 Å². The van der Waals surface area contributed by atoms with Crippen LogP contribution in [0.3, 0.4) is 0 Å². The van der Waals surface area contributed by atoms with Crippen molar-refractivity contribution in [3.05, 3.63) is 22.5 Å². The molecule has 2 fully saturated rings. The molecule has 0 saturated carbocycles. The van der Waals surface area contributed by atoms with Crippen molar-refractivity contribution in [3.63, 3.8) is 0 Å². The van der Waals surface area contributed by atoms with E-state index in [0.717, 1.165) is 49.5 Å². The SMILES string of the molecule is Clc1cc(OC[C@H]2CCOC2)c2c(n1)C1(CCOC1)OCC2. The van der Waals surface area contributed by atoms with Crippen molar-refractivity contribution in [1.82, 2.24) is 4.98 Å². The number of hydrogen-bond donors (Lipinski definition) is 0. The van der Waals surface area contributed by atoms with E-state index in [9.17, 15) is 0 Å². The quantitative estimate of drug-likeness (QED) is 0.798. The largest absolute Gasteiger partial charge is 0.493 e. The molecule has 0 bridgehead atoms. The summed E-state index contributed by atoms with van der Waals surface area (Å²) in [5.74, 6) is 1.31. The number of halogens is 1. The third kappa shape index (κ3) is 2.60. The van der Waals surface area contributed by atoms with E-state index in [4.69, 9.17) is 30.5 Å². The van der Waals surface area contributed by atoms with Gasteiger partial charge in [0.1, 0.15) is 16.5 Å². The first-order chi connectivity index (χ1) is 10.8. The molecule has 1 aromatic rings. The Kier molecular flexibility index (Phi) is 3.98. The van der Waals surface area contributed by atoms with Crippen molar-refractivity contribution in [2.75, 3.05) is 39.6 Å². The van der Waals surface area contributed by atoms with Gasteiger partial charge in [-0.1, -0.05) is 11.6 Å². The van der Waals surface area contributed by atoms with Gasteiger partial charge in [-0.15, -0.1) is 0 Å². The number of nitrogens with zero attached hydrogens (tertiary/aromatic N) is 1. The molecule has 5 nitrogen and oxygen atoms in total. The molecule has 0 amide bonds. The zero-order valence-corrected chi connectivity index (χ0v) is 13.2. The highest BCUT2D eigenvalue weighted by Crippen LogP contribution is 2.42. The van der Waals surface area contributed by atoms with Gasteiger partial charge in [0.05, 0.1) is 32.1 Å². The van der Waals surface area contributed by atoms with E-state index in [0.29, 0.717) is 37.5 Å². The molecule has 0 aliphatic carbocycles. The number of rotatable bonds is 3. The van der Waals surface area contributed by atoms with Gasteiger partial charge in [0.15, 0.2) is 0 Å². The van der Waals surface area contributed by atoms with E-state index >= 15 is 0 Å². The summed E-state index contributed by atoms with van der Waals surface area (Å²) in [6, 6.07) is 1.82. The van der Waals surface area contributed by atoms with Gasteiger partial charge in [0, 0.05) is 43.6 Å². The molecule has 6 heteroatoms. The monoisotopic (exact) mass is 325 g/mol. The first kappa shape index (κ1) is 14.7. The summed E-state index contributed by atoms with van der Waals surface area (Å²) in [4.78, 5) is 4.55. The zero-order chi connectivity index (χ0) is 15.0. The first-order valence-electron chi connectivity index (χ1n) is 7.89. The van der Waals surface area contributed by atoms with Crippen LogP contribution in [0.2, 0.25) is 5.15 Å². The molecular formula is C16H20ClNO4. The number of hydrogen-bond acceptors (Lipinski definition) is 5. The highest BCUT2D eigenvalue weighted by molar-refractivity contribution is 6.29. The van der Waals surface area contributed by atoms with Crippen LogP contribution in [0.1, 0.15) is 24.1 Å². The standard InChI is InChI=1S/C16H20ClNO4/c17-14-7-13(21-9-11-1-4-19-8-11)12-2-5-22-16(15(12)18-14)3-6-20-10-16/h7,11H,1-6,8-10H2/t11-,16?/m0/s1. The Morgan fingerprint density at radius 3 is 3.05 bits per heavy atom. The highest BCUT2D eigenvalue weighted by Gasteiger charge is 2.44. The minimum absolute atomic E-state index is 0.437. The van der Waals surface area contributed by atoms with Crippen LogP contribution in [0.4, 0.5) is 0 Å². The van der Waals surface area contributed by atoms with Crippen LogP contribution < -0.4 is 4.74 Å². The number of fused-ring (bicyclic) bond motifs is 2. The molecular weight excluding hydrogens is 306 g/mol. The third-order valence-corrected chi connectivity index (χ3v) is 4.89. The molecule has 0 aromatic carbocycles. The second-order valence-corrected chi connectivity index (χ2v) is 6.59. The Bertz CT molecular complexity index is 553. The van der Waals surface area contributed by atoms with E-state index in [1.165, 1.54) is 0 Å². The van der Waals surface area contributed by atoms with Gasteiger partial charge in [-0.3, -0.25) is 0 Å². The topological polar surface area (TPSA) is 49.8 Å². The number of aromatic nitrogens is 1. The van der Waals surface area contributed by atoms with Crippen LogP contribution in [0, 0.1) is 5.92 Å². The van der Waals surface area contributed by atoms with Crippen molar-refractivity contribution in [3.8, 4) is 5.75 Å².